The molecule has 1 fully saturated rings. The van der Waals surface area contributed by atoms with Gasteiger partial charge in [0, 0.05) is 18.9 Å². The summed E-state index contributed by atoms with van der Waals surface area (Å²) >= 11 is 0. The molecule has 1 aromatic carbocycles. The first-order valence-electron chi connectivity index (χ1n) is 15.0. The van der Waals surface area contributed by atoms with E-state index in [0.717, 1.165) is 24.5 Å². The second kappa shape index (κ2) is 16.3. The van der Waals surface area contributed by atoms with Crippen molar-refractivity contribution in [2.24, 2.45) is 17.8 Å². The molecule has 1 aliphatic heterocycles. The average molecular weight is 621 g/mol. The molecule has 11 nitrogen and oxygen atoms in total. The number of allylic oxidation sites excluding steroid dienone is 1. The van der Waals surface area contributed by atoms with Gasteiger partial charge in [0.2, 0.25) is 5.79 Å². The van der Waals surface area contributed by atoms with E-state index >= 15 is 0 Å². The molecule has 246 valence electrons. The first-order valence-corrected chi connectivity index (χ1v) is 15.0. The maximum Gasteiger partial charge on any atom is 0.345 e. The van der Waals surface area contributed by atoms with Gasteiger partial charge in [0.15, 0.2) is 6.10 Å². The van der Waals surface area contributed by atoms with Gasteiger partial charge < -0.3 is 39.7 Å². The maximum absolute atomic E-state index is 12.7. The highest BCUT2D eigenvalue weighted by atomic mass is 16.6. The summed E-state index contributed by atoms with van der Waals surface area (Å²) in [6, 6.07) is 9.58. The van der Waals surface area contributed by atoms with Gasteiger partial charge in [-0.2, -0.15) is 0 Å². The van der Waals surface area contributed by atoms with E-state index in [-0.39, 0.29) is 24.7 Å². The van der Waals surface area contributed by atoms with Crippen molar-refractivity contribution >= 4 is 17.9 Å². The predicted octanol–water partition coefficient (Wildman–Crippen LogP) is 2.93. The summed E-state index contributed by atoms with van der Waals surface area (Å²) in [6.45, 7) is 12.1. The van der Waals surface area contributed by atoms with Crippen molar-refractivity contribution in [2.45, 2.75) is 103 Å². The molecule has 0 amide bonds. The zero-order chi connectivity index (χ0) is 33.2. The van der Waals surface area contributed by atoms with Crippen LogP contribution >= 0.6 is 0 Å². The van der Waals surface area contributed by atoms with Crippen LogP contribution in [0.4, 0.5) is 0 Å². The van der Waals surface area contributed by atoms with Crippen LogP contribution in [0.2, 0.25) is 0 Å². The Bertz CT molecular complexity index is 1150. The molecule has 2 rings (SSSR count). The largest absolute Gasteiger partial charge is 0.479 e. The fourth-order valence-electron chi connectivity index (χ4n) is 5.43. The molecular weight excluding hydrogens is 572 g/mol. The van der Waals surface area contributed by atoms with E-state index in [9.17, 15) is 39.9 Å². The lowest BCUT2D eigenvalue weighted by atomic mass is 9.83. The van der Waals surface area contributed by atoms with E-state index in [1.165, 1.54) is 6.92 Å². The Morgan fingerprint density at radius 2 is 1.77 bits per heavy atom. The van der Waals surface area contributed by atoms with E-state index in [2.05, 4.69) is 13.5 Å². The van der Waals surface area contributed by atoms with Crippen molar-refractivity contribution in [1.29, 1.82) is 0 Å². The number of aliphatic hydroxyl groups is 4. The fraction of sp³-hybridized carbons (Fsp3) is 0.606. The summed E-state index contributed by atoms with van der Waals surface area (Å²) in [7, 11) is 0. The van der Waals surface area contributed by atoms with E-state index in [1.54, 1.807) is 6.08 Å². The van der Waals surface area contributed by atoms with Gasteiger partial charge in [-0.1, -0.05) is 77.1 Å². The molecule has 1 unspecified atom stereocenters. The summed E-state index contributed by atoms with van der Waals surface area (Å²) in [5.74, 6) is -6.99. The smallest absolute Gasteiger partial charge is 0.345 e. The third-order valence-corrected chi connectivity index (χ3v) is 8.18. The number of carbonyl (C=O) groups is 3. The Balaban J connectivity index is 2.26. The fourth-order valence-corrected chi connectivity index (χ4v) is 5.43. The number of aliphatic hydroxyl groups excluding tert-OH is 1. The summed E-state index contributed by atoms with van der Waals surface area (Å²) < 4.78 is 16.3. The number of hydrogen-bond donors (Lipinski definition) is 5. The molecule has 11 heteroatoms. The molecular formula is C33H48O11. The number of carboxylic acids is 1. The quantitative estimate of drug-likeness (QED) is 0.0842. The molecule has 1 heterocycles. The second-order valence-corrected chi connectivity index (χ2v) is 12.1. The Morgan fingerprint density at radius 3 is 2.34 bits per heavy atom. The number of esters is 2. The SMILES string of the molecule is C=C(CCC1OCC(O)(O)[C@@](O)(C(=O)O)[C@H](OC(=O)/C=C/[C@@H](C)C[C@@H](C)CC)[C@H]1O)[C@@H](OC(C)=O)[C@H](C)Cc1ccccc1. The van der Waals surface area contributed by atoms with Gasteiger partial charge in [-0.3, -0.25) is 4.79 Å². The highest BCUT2D eigenvalue weighted by Gasteiger charge is 2.66. The van der Waals surface area contributed by atoms with Crippen molar-refractivity contribution < 1.29 is 54.1 Å². The molecule has 1 saturated heterocycles. The van der Waals surface area contributed by atoms with Gasteiger partial charge in [0.25, 0.3) is 5.60 Å². The van der Waals surface area contributed by atoms with Crippen LogP contribution in [-0.2, 0) is 35.0 Å². The van der Waals surface area contributed by atoms with E-state index in [1.807, 2.05) is 51.1 Å². The number of carbonyl (C=O) groups excluding carboxylic acids is 2. The van der Waals surface area contributed by atoms with Crippen molar-refractivity contribution in [1.82, 2.24) is 0 Å². The number of aliphatic carboxylic acids is 1. The maximum atomic E-state index is 12.7. The van der Waals surface area contributed by atoms with Crippen LogP contribution in [0.3, 0.4) is 0 Å². The van der Waals surface area contributed by atoms with Gasteiger partial charge in [-0.25, -0.2) is 9.59 Å². The Labute approximate surface area is 259 Å². The number of carboxylic acid groups (broad SMARTS) is 1. The summed E-state index contributed by atoms with van der Waals surface area (Å²) in [5.41, 5.74) is -2.03. The van der Waals surface area contributed by atoms with E-state index in [0.29, 0.717) is 17.9 Å². The van der Waals surface area contributed by atoms with Crippen molar-refractivity contribution in [3.8, 4) is 0 Å². The Hall–Kier alpha value is -3.09. The van der Waals surface area contributed by atoms with E-state index in [4.69, 9.17) is 14.2 Å². The molecule has 0 aliphatic carbocycles. The first-order chi connectivity index (χ1) is 20.5. The zero-order valence-corrected chi connectivity index (χ0v) is 26.2. The minimum atomic E-state index is -3.53. The van der Waals surface area contributed by atoms with Crippen LogP contribution in [-0.4, -0.2) is 85.9 Å². The summed E-state index contributed by atoms with van der Waals surface area (Å²) in [6.07, 6.45) is -1.41. The number of benzene rings is 1. The van der Waals surface area contributed by atoms with Gasteiger partial charge >= 0.3 is 17.9 Å². The predicted molar refractivity (Wildman–Crippen MR) is 161 cm³/mol. The second-order valence-electron chi connectivity index (χ2n) is 12.1. The van der Waals surface area contributed by atoms with Crippen LogP contribution < -0.4 is 0 Å². The number of ether oxygens (including phenoxy) is 3. The van der Waals surface area contributed by atoms with E-state index < -0.39 is 60.3 Å². The van der Waals surface area contributed by atoms with Crippen LogP contribution in [0.1, 0.15) is 65.9 Å². The normalized spacial score (nSPS) is 26.2. The molecule has 5 N–H and O–H groups in total. The minimum absolute atomic E-state index is 0.0266. The lowest BCUT2D eigenvalue weighted by Gasteiger charge is -2.39. The lowest BCUT2D eigenvalue weighted by Crippen LogP contribution is -2.70. The highest BCUT2D eigenvalue weighted by molar-refractivity contribution is 5.84. The Kier molecular flexibility index (Phi) is 13.7. The van der Waals surface area contributed by atoms with Crippen LogP contribution in [0, 0.1) is 17.8 Å². The number of rotatable bonds is 15. The van der Waals surface area contributed by atoms with Crippen molar-refractivity contribution in [3.05, 3.63) is 60.2 Å². The van der Waals surface area contributed by atoms with Crippen molar-refractivity contribution in [2.75, 3.05) is 6.61 Å². The van der Waals surface area contributed by atoms with Crippen molar-refractivity contribution in [3.63, 3.8) is 0 Å². The van der Waals surface area contributed by atoms with Gasteiger partial charge in [0.05, 0.1) is 6.10 Å². The van der Waals surface area contributed by atoms with Crippen LogP contribution in [0.15, 0.2) is 54.6 Å². The van der Waals surface area contributed by atoms with Crippen LogP contribution in [0.5, 0.6) is 0 Å². The zero-order valence-electron chi connectivity index (χ0n) is 26.2. The Morgan fingerprint density at radius 1 is 1.14 bits per heavy atom. The van der Waals surface area contributed by atoms with Gasteiger partial charge in [-0.05, 0) is 48.7 Å². The topological polar surface area (TPSA) is 180 Å². The molecule has 0 aromatic heterocycles. The third-order valence-electron chi connectivity index (χ3n) is 8.18. The molecule has 0 saturated carbocycles. The molecule has 1 aromatic rings. The standard InChI is InChI=1S/C33H48O11/c1-7-20(2)17-21(3)13-16-27(35)44-30-28(36)26(42-19-32(39,40)33(30,41)31(37)38)15-14-22(4)29(43-24(6)34)23(5)18-25-11-9-8-10-12-25/h8-13,16,20-21,23,26,28-30,36,39-41H,4,7,14-15,17-19H2,1-3,5-6H3,(H,37,38)/b16-13+/t20-,21+,23+,26?,28-,29+,30+,33-/m0/s1. The molecule has 8 atom stereocenters. The summed E-state index contributed by atoms with van der Waals surface area (Å²) in [5, 5.41) is 53.3. The molecule has 0 radical (unpaired) electrons. The number of hydrogen-bond acceptors (Lipinski definition) is 10. The minimum Gasteiger partial charge on any atom is -0.479 e. The third kappa shape index (κ3) is 9.70. The average Bonchev–Trinajstić information content (AvgIpc) is 3.03. The summed E-state index contributed by atoms with van der Waals surface area (Å²) in [4.78, 5) is 36.8. The molecule has 0 spiro atoms. The molecule has 0 bridgehead atoms. The van der Waals surface area contributed by atoms with Gasteiger partial charge in [-0.15, -0.1) is 0 Å². The molecule has 1 aliphatic rings. The highest BCUT2D eigenvalue weighted by Crippen LogP contribution is 2.36. The molecule has 44 heavy (non-hydrogen) atoms. The monoisotopic (exact) mass is 620 g/mol. The van der Waals surface area contributed by atoms with Gasteiger partial charge in [0.1, 0.15) is 18.8 Å². The van der Waals surface area contributed by atoms with Crippen LogP contribution in [0.25, 0.3) is 0 Å². The lowest BCUT2D eigenvalue weighted by molar-refractivity contribution is -0.305. The first kappa shape index (κ1) is 37.1.